The van der Waals surface area contributed by atoms with Crippen molar-refractivity contribution in [3.8, 4) is 0 Å². The molecule has 0 spiro atoms. The Morgan fingerprint density at radius 3 is 1.88 bits per heavy atom. The summed E-state index contributed by atoms with van der Waals surface area (Å²) in [6, 6.07) is 0.717. The highest BCUT2D eigenvalue weighted by atomic mass is 32.2. The number of nitrogens with zero attached hydrogens (tertiary/aromatic N) is 2. The highest BCUT2D eigenvalue weighted by molar-refractivity contribution is 7.89. The van der Waals surface area contributed by atoms with Crippen LogP contribution in [0.1, 0.15) is 45.4 Å². The van der Waals surface area contributed by atoms with Crippen LogP contribution in [0.15, 0.2) is 0 Å². The van der Waals surface area contributed by atoms with Crippen molar-refractivity contribution >= 4 is 22.0 Å². The Hall–Kier alpha value is -1.19. The highest BCUT2D eigenvalue weighted by Gasteiger charge is 2.29. The molecule has 9 heteroatoms. The number of sulfonamides is 1. The third kappa shape index (κ3) is 6.74. The van der Waals surface area contributed by atoms with E-state index in [-0.39, 0.29) is 0 Å². The number of carbonyl (C=O) groups is 2. The first-order valence-electron chi connectivity index (χ1n) is 8.46. The molecule has 0 atom stereocenters. The summed E-state index contributed by atoms with van der Waals surface area (Å²) in [6.45, 7) is 5.16. The molecule has 2 N–H and O–H groups in total. The summed E-state index contributed by atoms with van der Waals surface area (Å²) in [5, 5.41) is 14.8. The van der Waals surface area contributed by atoms with Crippen molar-refractivity contribution < 1.29 is 28.2 Å². The third-order valence-corrected chi connectivity index (χ3v) is 6.48. The molecule has 1 saturated carbocycles. The number of aliphatic carboxylic acids is 2. The summed E-state index contributed by atoms with van der Waals surface area (Å²) in [7, 11) is -2.98. The summed E-state index contributed by atoms with van der Waals surface area (Å²) in [5.74, 6) is -3.35. The zero-order chi connectivity index (χ0) is 18.2. The fourth-order valence-electron chi connectivity index (χ4n) is 3.18. The molecule has 0 bridgehead atoms. The van der Waals surface area contributed by atoms with Gasteiger partial charge in [-0.1, -0.05) is 26.2 Å². The molecule has 1 saturated heterocycles. The molecular weight excluding hydrogens is 336 g/mol. The number of piperazine rings is 1. The van der Waals surface area contributed by atoms with Crippen LogP contribution >= 0.6 is 0 Å². The lowest BCUT2D eigenvalue weighted by Crippen LogP contribution is -2.52. The van der Waals surface area contributed by atoms with Crippen molar-refractivity contribution in [2.45, 2.75) is 51.5 Å². The summed E-state index contributed by atoms with van der Waals surface area (Å²) in [6.07, 6.45) is 7.40. The molecule has 0 aromatic rings. The lowest BCUT2D eigenvalue weighted by atomic mass is 9.94. The maximum atomic E-state index is 12.0. The van der Waals surface area contributed by atoms with Gasteiger partial charge in [-0.15, -0.1) is 0 Å². The van der Waals surface area contributed by atoms with Crippen LogP contribution in [0.25, 0.3) is 0 Å². The normalized spacial score (nSPS) is 20.9. The molecule has 24 heavy (non-hydrogen) atoms. The van der Waals surface area contributed by atoms with E-state index >= 15 is 0 Å². The van der Waals surface area contributed by atoms with E-state index in [1.807, 2.05) is 6.92 Å². The molecule has 0 radical (unpaired) electrons. The van der Waals surface area contributed by atoms with Crippen molar-refractivity contribution in [2.24, 2.45) is 0 Å². The van der Waals surface area contributed by atoms with E-state index in [1.165, 1.54) is 32.1 Å². The summed E-state index contributed by atoms with van der Waals surface area (Å²) < 4.78 is 25.6. The summed E-state index contributed by atoms with van der Waals surface area (Å²) in [5.41, 5.74) is 0. The van der Waals surface area contributed by atoms with Crippen LogP contribution in [-0.2, 0) is 19.6 Å². The molecule has 0 amide bonds. The number of hydrogen-bond donors (Lipinski definition) is 2. The first-order chi connectivity index (χ1) is 11.3. The predicted octanol–water partition coefficient (Wildman–Crippen LogP) is 0.832. The third-order valence-electron chi connectivity index (χ3n) is 4.40. The standard InChI is InChI=1S/C13H26N2O2S.C2H2O4/c1-2-12-18(16,17)15-10-8-14(9-11-15)13-6-4-3-5-7-13;3-1(4)2(5)6/h13H,2-12H2,1H3;(H,3,4)(H,5,6). The molecule has 2 aliphatic rings. The van der Waals surface area contributed by atoms with E-state index in [1.54, 1.807) is 4.31 Å². The van der Waals surface area contributed by atoms with E-state index in [9.17, 15) is 8.42 Å². The van der Waals surface area contributed by atoms with Gasteiger partial charge < -0.3 is 10.2 Å². The quantitative estimate of drug-likeness (QED) is 0.710. The molecule has 1 heterocycles. The smallest absolute Gasteiger partial charge is 0.414 e. The maximum absolute atomic E-state index is 12.0. The Labute approximate surface area is 143 Å². The van der Waals surface area contributed by atoms with Gasteiger partial charge in [-0.3, -0.25) is 4.90 Å². The highest BCUT2D eigenvalue weighted by Crippen LogP contribution is 2.24. The Morgan fingerprint density at radius 1 is 0.958 bits per heavy atom. The molecule has 0 aromatic carbocycles. The predicted molar refractivity (Wildman–Crippen MR) is 89.4 cm³/mol. The van der Waals surface area contributed by atoms with E-state index in [2.05, 4.69) is 4.90 Å². The van der Waals surface area contributed by atoms with Gasteiger partial charge in [0.05, 0.1) is 5.75 Å². The summed E-state index contributed by atoms with van der Waals surface area (Å²) >= 11 is 0. The molecule has 2 fully saturated rings. The van der Waals surface area contributed by atoms with Crippen molar-refractivity contribution in [1.82, 2.24) is 9.21 Å². The van der Waals surface area contributed by atoms with Gasteiger partial charge in [-0.25, -0.2) is 18.0 Å². The van der Waals surface area contributed by atoms with Crippen LogP contribution in [0.2, 0.25) is 0 Å². The van der Waals surface area contributed by atoms with Crippen LogP contribution in [0.3, 0.4) is 0 Å². The SMILES string of the molecule is CCCS(=O)(=O)N1CCN(C2CCCCC2)CC1.O=C(O)C(=O)O. The minimum absolute atomic E-state index is 0.302. The molecule has 140 valence electrons. The minimum Gasteiger partial charge on any atom is -0.473 e. The van der Waals surface area contributed by atoms with Crippen molar-refractivity contribution in [2.75, 3.05) is 31.9 Å². The largest absolute Gasteiger partial charge is 0.473 e. The molecule has 0 aromatic heterocycles. The second-order valence-electron chi connectivity index (χ2n) is 6.15. The van der Waals surface area contributed by atoms with Crippen LogP contribution in [0.5, 0.6) is 0 Å². The first kappa shape index (κ1) is 20.9. The van der Waals surface area contributed by atoms with Crippen LogP contribution in [-0.4, -0.2) is 77.7 Å². The Morgan fingerprint density at radius 2 is 1.46 bits per heavy atom. The number of carboxylic acids is 2. The minimum atomic E-state index is -2.98. The molecule has 1 aliphatic carbocycles. The number of carboxylic acid groups (broad SMARTS) is 2. The Balaban J connectivity index is 0.000000413. The van der Waals surface area contributed by atoms with E-state index < -0.39 is 22.0 Å². The van der Waals surface area contributed by atoms with Crippen LogP contribution in [0.4, 0.5) is 0 Å². The van der Waals surface area contributed by atoms with Crippen LogP contribution < -0.4 is 0 Å². The van der Waals surface area contributed by atoms with E-state index in [0.717, 1.165) is 19.1 Å². The first-order valence-corrected chi connectivity index (χ1v) is 10.1. The van der Waals surface area contributed by atoms with E-state index in [4.69, 9.17) is 19.8 Å². The fourth-order valence-corrected chi connectivity index (χ4v) is 4.67. The van der Waals surface area contributed by atoms with Gasteiger partial charge in [0.1, 0.15) is 0 Å². The zero-order valence-corrected chi connectivity index (χ0v) is 15.0. The maximum Gasteiger partial charge on any atom is 0.414 e. The van der Waals surface area contributed by atoms with Crippen molar-refractivity contribution in [3.63, 3.8) is 0 Å². The van der Waals surface area contributed by atoms with Gasteiger partial charge in [0.25, 0.3) is 0 Å². The Bertz CT molecular complexity index is 496. The lowest BCUT2D eigenvalue weighted by molar-refractivity contribution is -0.159. The van der Waals surface area contributed by atoms with Crippen molar-refractivity contribution in [3.05, 3.63) is 0 Å². The average Bonchev–Trinajstić information content (AvgIpc) is 2.56. The molecule has 2 rings (SSSR count). The average molecular weight is 364 g/mol. The van der Waals surface area contributed by atoms with Gasteiger partial charge in [-0.2, -0.15) is 4.31 Å². The monoisotopic (exact) mass is 364 g/mol. The summed E-state index contributed by atoms with van der Waals surface area (Å²) in [4.78, 5) is 20.7. The lowest BCUT2D eigenvalue weighted by Gasteiger charge is -2.40. The van der Waals surface area contributed by atoms with Gasteiger partial charge in [0.15, 0.2) is 0 Å². The molecular formula is C15H28N2O6S. The fraction of sp³-hybridized carbons (Fsp3) is 0.867. The zero-order valence-electron chi connectivity index (χ0n) is 14.2. The van der Waals surface area contributed by atoms with Gasteiger partial charge >= 0.3 is 11.9 Å². The van der Waals surface area contributed by atoms with Gasteiger partial charge in [0.2, 0.25) is 10.0 Å². The molecule has 0 unspecified atom stereocenters. The molecule has 1 aliphatic heterocycles. The second-order valence-corrected chi connectivity index (χ2v) is 8.24. The second kappa shape index (κ2) is 9.95. The molecule has 8 nitrogen and oxygen atoms in total. The van der Waals surface area contributed by atoms with E-state index in [0.29, 0.717) is 25.3 Å². The Kier molecular flexibility index (Phi) is 8.65. The van der Waals surface area contributed by atoms with Crippen molar-refractivity contribution in [1.29, 1.82) is 0 Å². The topological polar surface area (TPSA) is 115 Å². The van der Waals surface area contributed by atoms with Gasteiger partial charge in [0, 0.05) is 32.2 Å². The number of hydrogen-bond acceptors (Lipinski definition) is 5. The van der Waals surface area contributed by atoms with Gasteiger partial charge in [-0.05, 0) is 19.3 Å². The number of rotatable bonds is 4. The van der Waals surface area contributed by atoms with Crippen LogP contribution in [0, 0.1) is 0 Å².